The number of rotatable bonds is 14. The second kappa shape index (κ2) is 17.4. The molecule has 3 aromatic rings. The van der Waals surface area contributed by atoms with Gasteiger partial charge in [-0.25, -0.2) is 19.5 Å². The summed E-state index contributed by atoms with van der Waals surface area (Å²) in [7, 11) is 1.53. The van der Waals surface area contributed by atoms with Crippen molar-refractivity contribution < 1.29 is 33.7 Å². The van der Waals surface area contributed by atoms with Gasteiger partial charge in [-0.2, -0.15) is 0 Å². The van der Waals surface area contributed by atoms with E-state index in [9.17, 15) is 19.5 Å². The number of carbonyl (C=O) groups excluding carboxylic acids is 3. The summed E-state index contributed by atoms with van der Waals surface area (Å²) in [5.74, 6) is -0.460. The fourth-order valence-corrected chi connectivity index (χ4v) is 4.74. The normalized spacial score (nSPS) is 13.4. The molecule has 4 N–H and O–H groups in total. The smallest absolute Gasteiger partial charge is 0.422 e. The Morgan fingerprint density at radius 3 is 2.26 bits per heavy atom. The number of pyridine rings is 1. The lowest BCUT2D eigenvalue weighted by Crippen LogP contribution is -2.59. The first-order valence-electron chi connectivity index (χ1n) is 15.5. The first-order valence-corrected chi connectivity index (χ1v) is 15.5. The third-order valence-corrected chi connectivity index (χ3v) is 7.18. The fourth-order valence-electron chi connectivity index (χ4n) is 4.74. The molecule has 254 valence electrons. The zero-order chi connectivity index (χ0) is 34.6. The maximum absolute atomic E-state index is 13.9. The fraction of sp³-hybridized carbons (Fsp3) is 0.429. The van der Waals surface area contributed by atoms with Crippen molar-refractivity contribution >= 4 is 18.1 Å². The maximum atomic E-state index is 13.9. The lowest BCUT2D eigenvalue weighted by atomic mass is 9.97. The Morgan fingerprint density at radius 1 is 0.979 bits per heavy atom. The molecule has 3 atom stereocenters. The number of aliphatic hydroxyl groups is 1. The van der Waals surface area contributed by atoms with Crippen LogP contribution >= 0.6 is 0 Å². The molecule has 0 spiro atoms. The number of nitrogens with two attached hydrogens (primary N) is 1. The average Bonchev–Trinajstić information content (AvgIpc) is 3.03. The first kappa shape index (κ1) is 36.9. The quantitative estimate of drug-likeness (QED) is 0.213. The Bertz CT molecular complexity index is 1430. The topological polar surface area (TPSA) is 157 Å². The highest BCUT2D eigenvalue weighted by molar-refractivity contribution is 5.95. The summed E-state index contributed by atoms with van der Waals surface area (Å²) in [6.45, 7) is 8.42. The van der Waals surface area contributed by atoms with Crippen LogP contribution in [0.1, 0.15) is 51.4 Å². The number of nitrogens with zero attached hydrogens (tertiary/aromatic N) is 3. The molecule has 0 fully saturated rings. The van der Waals surface area contributed by atoms with Crippen LogP contribution in [0.25, 0.3) is 0 Å². The number of ether oxygens (including phenoxy) is 3. The number of aliphatic hydroxyl groups excluding tert-OH is 1. The molecule has 3 amide bonds. The number of methoxy groups -OCH3 is 1. The highest BCUT2D eigenvalue weighted by atomic mass is 16.6. The first-order chi connectivity index (χ1) is 22.3. The van der Waals surface area contributed by atoms with Gasteiger partial charge in [0.1, 0.15) is 18.0 Å². The Balaban J connectivity index is 2.02. The highest BCUT2D eigenvalue weighted by Gasteiger charge is 2.40. The van der Waals surface area contributed by atoms with Crippen molar-refractivity contribution in [2.75, 3.05) is 13.7 Å². The minimum absolute atomic E-state index is 0.0756. The molecule has 0 saturated carbocycles. The summed E-state index contributed by atoms with van der Waals surface area (Å²) in [4.78, 5) is 45.7. The molecule has 12 heteroatoms. The average molecular weight is 650 g/mol. The monoisotopic (exact) mass is 649 g/mol. The number of imide groups is 1. The van der Waals surface area contributed by atoms with Gasteiger partial charge in [-0.3, -0.25) is 15.2 Å². The highest BCUT2D eigenvalue weighted by Crippen LogP contribution is 2.22. The molecular formula is C35H47N5O7. The number of para-hydroxylation sites is 1. The Kier molecular flexibility index (Phi) is 13.7. The van der Waals surface area contributed by atoms with Gasteiger partial charge >= 0.3 is 12.2 Å². The molecule has 0 aliphatic carbocycles. The van der Waals surface area contributed by atoms with Crippen LogP contribution in [-0.4, -0.2) is 75.5 Å². The summed E-state index contributed by atoms with van der Waals surface area (Å²) >= 11 is 0. The van der Waals surface area contributed by atoms with Crippen molar-refractivity contribution in [1.82, 2.24) is 20.3 Å². The summed E-state index contributed by atoms with van der Waals surface area (Å²) in [5.41, 5.74) is 10.2. The minimum atomic E-state index is -1.40. The lowest BCUT2D eigenvalue weighted by molar-refractivity contribution is -0.137. The summed E-state index contributed by atoms with van der Waals surface area (Å²) in [6.07, 6.45) is -1.48. The number of aromatic nitrogens is 1. The third kappa shape index (κ3) is 11.7. The van der Waals surface area contributed by atoms with E-state index in [1.54, 1.807) is 65.1 Å². The number of hydrazine groups is 1. The van der Waals surface area contributed by atoms with Gasteiger partial charge in [-0.1, -0.05) is 68.4 Å². The van der Waals surface area contributed by atoms with Gasteiger partial charge in [-0.05, 0) is 56.9 Å². The predicted octanol–water partition coefficient (Wildman–Crippen LogP) is 4.45. The second-order valence-electron chi connectivity index (χ2n) is 12.5. The van der Waals surface area contributed by atoms with E-state index < -0.39 is 41.9 Å². The van der Waals surface area contributed by atoms with Gasteiger partial charge in [0, 0.05) is 24.8 Å². The maximum Gasteiger partial charge on any atom is 0.422 e. The molecule has 2 aromatic carbocycles. The Morgan fingerprint density at radius 2 is 1.64 bits per heavy atom. The van der Waals surface area contributed by atoms with Crippen LogP contribution in [-0.2, 0) is 33.8 Å². The number of benzene rings is 2. The zero-order valence-electron chi connectivity index (χ0n) is 28.0. The standard InChI is InChI=1S/C35H47N5O7/c1-24(2)31(36)32(42)40(34(44)46-23-27-17-12-13-19-37-27)28(20-25-14-8-7-9-15-25)29(41)22-39(38-33(43)47-35(3,4)5)21-26-16-10-11-18-30(26)45-6/h7-19,24,28-29,31,41H,20-23,36H2,1-6H3,(H,38,43)/t28-,29-,31-/m0/s1. The number of carbonyl (C=O) groups is 3. The molecule has 47 heavy (non-hydrogen) atoms. The van der Waals surface area contributed by atoms with Crippen molar-refractivity contribution in [1.29, 1.82) is 0 Å². The van der Waals surface area contributed by atoms with Gasteiger partial charge < -0.3 is 25.1 Å². The van der Waals surface area contributed by atoms with Gasteiger partial charge in [0.2, 0.25) is 5.91 Å². The Hall–Kier alpha value is -4.52. The van der Waals surface area contributed by atoms with Gasteiger partial charge in [0.25, 0.3) is 0 Å². The summed E-state index contributed by atoms with van der Waals surface area (Å²) in [6, 6.07) is 19.3. The molecule has 0 bridgehead atoms. The van der Waals surface area contributed by atoms with Crippen LogP contribution in [0.2, 0.25) is 0 Å². The number of nitrogens with one attached hydrogen (secondary N) is 1. The van der Waals surface area contributed by atoms with Crippen LogP contribution in [0.15, 0.2) is 79.0 Å². The van der Waals surface area contributed by atoms with Crippen molar-refractivity contribution in [3.8, 4) is 5.75 Å². The molecule has 12 nitrogen and oxygen atoms in total. The van der Waals surface area contributed by atoms with Crippen molar-refractivity contribution in [3.63, 3.8) is 0 Å². The van der Waals surface area contributed by atoms with E-state index in [1.165, 1.54) is 12.1 Å². The van der Waals surface area contributed by atoms with Crippen molar-refractivity contribution in [3.05, 3.63) is 95.8 Å². The molecule has 0 aliphatic heterocycles. The number of hydrogen-bond acceptors (Lipinski definition) is 10. The van der Waals surface area contributed by atoms with Gasteiger partial charge in [-0.15, -0.1) is 0 Å². The summed E-state index contributed by atoms with van der Waals surface area (Å²) in [5, 5.41) is 13.4. The molecule has 0 saturated heterocycles. The zero-order valence-corrected chi connectivity index (χ0v) is 28.0. The van der Waals surface area contributed by atoms with E-state index >= 15 is 0 Å². The van der Waals surface area contributed by atoms with Crippen LogP contribution in [0.5, 0.6) is 5.75 Å². The predicted molar refractivity (Wildman–Crippen MR) is 177 cm³/mol. The van der Waals surface area contributed by atoms with E-state index in [0.29, 0.717) is 17.0 Å². The molecular weight excluding hydrogens is 602 g/mol. The SMILES string of the molecule is COc1ccccc1CN(C[C@H](O)[C@H](Cc1ccccc1)N(C(=O)OCc1ccccn1)C(=O)[C@@H](N)C(C)C)NC(=O)OC(C)(C)C. The van der Waals surface area contributed by atoms with Gasteiger partial charge in [0.15, 0.2) is 0 Å². The minimum Gasteiger partial charge on any atom is -0.496 e. The molecule has 3 rings (SSSR count). The largest absolute Gasteiger partial charge is 0.496 e. The van der Waals surface area contributed by atoms with Crippen LogP contribution in [0.3, 0.4) is 0 Å². The van der Waals surface area contributed by atoms with E-state index in [4.69, 9.17) is 19.9 Å². The van der Waals surface area contributed by atoms with E-state index in [0.717, 1.165) is 10.5 Å². The second-order valence-corrected chi connectivity index (χ2v) is 12.5. The van der Waals surface area contributed by atoms with E-state index in [-0.39, 0.29) is 32.0 Å². The van der Waals surface area contributed by atoms with E-state index in [2.05, 4.69) is 10.4 Å². The van der Waals surface area contributed by atoms with Crippen molar-refractivity contribution in [2.24, 2.45) is 11.7 Å². The molecule has 1 heterocycles. The molecule has 0 aliphatic rings. The van der Waals surface area contributed by atoms with Crippen molar-refractivity contribution in [2.45, 2.75) is 78.0 Å². The molecule has 0 unspecified atom stereocenters. The lowest BCUT2D eigenvalue weighted by Gasteiger charge is -2.37. The number of amides is 3. The summed E-state index contributed by atoms with van der Waals surface area (Å²) < 4.78 is 16.6. The molecule has 1 aromatic heterocycles. The van der Waals surface area contributed by atoms with Gasteiger partial charge in [0.05, 0.1) is 31.0 Å². The molecule has 0 radical (unpaired) electrons. The van der Waals surface area contributed by atoms with Crippen LogP contribution in [0.4, 0.5) is 9.59 Å². The van der Waals surface area contributed by atoms with Crippen LogP contribution in [0, 0.1) is 5.92 Å². The Labute approximate surface area is 276 Å². The third-order valence-electron chi connectivity index (χ3n) is 7.18. The van der Waals surface area contributed by atoms with Crippen LogP contribution < -0.4 is 15.9 Å². The van der Waals surface area contributed by atoms with E-state index in [1.807, 2.05) is 48.5 Å². The number of hydrogen-bond donors (Lipinski definition) is 3.